The van der Waals surface area contributed by atoms with E-state index in [1.165, 1.54) is 6.20 Å². The number of nitrogens with one attached hydrogen (secondary N) is 1. The molecule has 0 aliphatic carbocycles. The molecule has 0 saturated carbocycles. The monoisotopic (exact) mass is 320 g/mol. The van der Waals surface area contributed by atoms with Crippen LogP contribution in [0.4, 0.5) is 0 Å². The number of pyridine rings is 1. The number of benzene rings is 1. The fourth-order valence-corrected chi connectivity index (χ4v) is 3.90. The van der Waals surface area contributed by atoms with E-state index in [9.17, 15) is 13.2 Å². The number of ether oxygens (including phenoxy) is 1. The van der Waals surface area contributed by atoms with Gasteiger partial charge in [0.2, 0.25) is 10.0 Å². The predicted molar refractivity (Wildman–Crippen MR) is 81.9 cm³/mol. The minimum atomic E-state index is -3.70. The molecule has 7 heteroatoms. The third-order valence-corrected chi connectivity index (χ3v) is 5.02. The average Bonchev–Trinajstić information content (AvgIpc) is 2.98. The Kier molecular flexibility index (Phi) is 4.08. The number of nitrogens with zero attached hydrogens (tertiary/aromatic N) is 1. The molecule has 0 radical (unpaired) electrons. The van der Waals surface area contributed by atoms with Crippen molar-refractivity contribution in [1.82, 2.24) is 9.71 Å². The zero-order valence-corrected chi connectivity index (χ0v) is 12.7. The summed E-state index contributed by atoms with van der Waals surface area (Å²) in [5.74, 6) is -0.870. The molecule has 1 aliphatic heterocycles. The first-order valence-electron chi connectivity index (χ1n) is 7.01. The lowest BCUT2D eigenvalue weighted by atomic mass is 10.1. The van der Waals surface area contributed by atoms with Crippen LogP contribution in [0.5, 0.6) is 0 Å². The molecule has 6 nitrogen and oxygen atoms in total. The first kappa shape index (κ1) is 14.9. The highest BCUT2D eigenvalue weighted by atomic mass is 32.2. The van der Waals surface area contributed by atoms with Crippen LogP contribution in [0, 0.1) is 5.92 Å². The van der Waals surface area contributed by atoms with Gasteiger partial charge in [0.15, 0.2) is 0 Å². The molecule has 116 valence electrons. The second-order valence-corrected chi connectivity index (χ2v) is 7.09. The molecule has 1 aromatic carbocycles. The van der Waals surface area contributed by atoms with Gasteiger partial charge in [0.1, 0.15) is 5.69 Å². The Morgan fingerprint density at radius 1 is 1.32 bits per heavy atom. The Morgan fingerprint density at radius 3 is 2.91 bits per heavy atom. The summed E-state index contributed by atoms with van der Waals surface area (Å²) in [6.07, 6.45) is 2.19. The Hall–Kier alpha value is -1.99. The maximum Gasteiger partial charge on any atom is 0.283 e. The summed E-state index contributed by atoms with van der Waals surface area (Å²) >= 11 is 0. The van der Waals surface area contributed by atoms with Gasteiger partial charge in [0, 0.05) is 24.1 Å². The molecule has 0 spiro atoms. The fraction of sp³-hybridized carbons (Fsp3) is 0.333. The standard InChI is InChI=1S/C15H16N2O4S/c18-15(17-22(19,20)10-11-6-8-21-9-11)14-13-4-2-1-3-12(13)5-7-16-14/h1-5,7,11H,6,8-10H2,(H,17,18). The Bertz CT molecular complexity index is 793. The quantitative estimate of drug-likeness (QED) is 0.918. The lowest BCUT2D eigenvalue weighted by Gasteiger charge is -2.10. The molecule has 1 fully saturated rings. The zero-order chi connectivity index (χ0) is 15.6. The Balaban J connectivity index is 1.81. The van der Waals surface area contributed by atoms with E-state index in [0.29, 0.717) is 25.0 Å². The van der Waals surface area contributed by atoms with E-state index in [0.717, 1.165) is 5.39 Å². The topological polar surface area (TPSA) is 85.4 Å². The molecule has 1 atom stereocenters. The molecule has 0 bridgehead atoms. The smallest absolute Gasteiger partial charge is 0.283 e. The third kappa shape index (κ3) is 3.26. The molecule has 22 heavy (non-hydrogen) atoms. The number of carbonyl (C=O) groups is 1. The SMILES string of the molecule is O=C(NS(=O)(=O)CC1CCOC1)c1nccc2ccccc12. The first-order chi connectivity index (χ1) is 10.6. The van der Waals surface area contributed by atoms with E-state index in [1.807, 2.05) is 12.1 Å². The van der Waals surface area contributed by atoms with Gasteiger partial charge < -0.3 is 4.74 Å². The number of amides is 1. The summed E-state index contributed by atoms with van der Waals surface area (Å²) in [4.78, 5) is 16.3. The van der Waals surface area contributed by atoms with E-state index in [-0.39, 0.29) is 17.4 Å². The summed E-state index contributed by atoms with van der Waals surface area (Å²) < 4.78 is 31.4. The molecule has 1 N–H and O–H groups in total. The highest BCUT2D eigenvalue weighted by Gasteiger charge is 2.25. The van der Waals surface area contributed by atoms with Gasteiger partial charge in [-0.25, -0.2) is 13.1 Å². The van der Waals surface area contributed by atoms with Crippen LogP contribution in [0.15, 0.2) is 36.5 Å². The molecular weight excluding hydrogens is 304 g/mol. The molecule has 3 rings (SSSR count). The maximum atomic E-state index is 12.3. The molecule has 1 amide bonds. The van der Waals surface area contributed by atoms with Crippen LogP contribution in [0.1, 0.15) is 16.9 Å². The summed E-state index contributed by atoms with van der Waals surface area (Å²) in [7, 11) is -3.70. The summed E-state index contributed by atoms with van der Waals surface area (Å²) in [6.45, 7) is 0.987. The molecule has 1 aliphatic rings. The summed E-state index contributed by atoms with van der Waals surface area (Å²) in [6, 6.07) is 9.00. The number of carbonyl (C=O) groups excluding carboxylic acids is 1. The van der Waals surface area contributed by atoms with E-state index >= 15 is 0 Å². The minimum Gasteiger partial charge on any atom is -0.381 e. The average molecular weight is 320 g/mol. The van der Waals surface area contributed by atoms with Crippen LogP contribution in [0.3, 0.4) is 0 Å². The van der Waals surface area contributed by atoms with Crippen LogP contribution in [-0.2, 0) is 14.8 Å². The lowest BCUT2D eigenvalue weighted by molar-refractivity contribution is 0.0978. The predicted octanol–water partition coefficient (Wildman–Crippen LogP) is 1.33. The largest absolute Gasteiger partial charge is 0.381 e. The number of hydrogen-bond acceptors (Lipinski definition) is 5. The summed E-state index contributed by atoms with van der Waals surface area (Å²) in [5, 5.41) is 1.46. The van der Waals surface area contributed by atoms with Gasteiger partial charge in [-0.1, -0.05) is 24.3 Å². The van der Waals surface area contributed by atoms with Crippen LogP contribution in [0.25, 0.3) is 10.8 Å². The normalized spacial score (nSPS) is 18.5. The van der Waals surface area contributed by atoms with E-state index in [2.05, 4.69) is 9.71 Å². The van der Waals surface area contributed by atoms with Gasteiger partial charge >= 0.3 is 0 Å². The second kappa shape index (κ2) is 6.02. The van der Waals surface area contributed by atoms with Gasteiger partial charge in [-0.2, -0.15) is 0 Å². The van der Waals surface area contributed by atoms with Gasteiger partial charge in [-0.05, 0) is 17.9 Å². The summed E-state index contributed by atoms with van der Waals surface area (Å²) in [5.41, 5.74) is 0.115. The molecule has 1 aromatic heterocycles. The first-order valence-corrected chi connectivity index (χ1v) is 8.67. The van der Waals surface area contributed by atoms with Crippen molar-refractivity contribution in [3.05, 3.63) is 42.2 Å². The van der Waals surface area contributed by atoms with E-state index in [4.69, 9.17) is 4.74 Å². The van der Waals surface area contributed by atoms with Crippen molar-refractivity contribution in [1.29, 1.82) is 0 Å². The number of rotatable bonds is 4. The molecular formula is C15H16N2O4S. The van der Waals surface area contributed by atoms with Crippen LogP contribution in [-0.4, -0.2) is 38.3 Å². The van der Waals surface area contributed by atoms with Crippen molar-refractivity contribution in [2.24, 2.45) is 5.92 Å². The number of fused-ring (bicyclic) bond motifs is 1. The van der Waals surface area contributed by atoms with Gasteiger partial charge in [-0.3, -0.25) is 9.78 Å². The highest BCUT2D eigenvalue weighted by molar-refractivity contribution is 7.90. The van der Waals surface area contributed by atoms with Crippen molar-refractivity contribution < 1.29 is 17.9 Å². The minimum absolute atomic E-state index is 0.0641. The molecule has 2 aromatic rings. The van der Waals surface area contributed by atoms with Crippen molar-refractivity contribution in [2.45, 2.75) is 6.42 Å². The highest BCUT2D eigenvalue weighted by Crippen LogP contribution is 2.17. The van der Waals surface area contributed by atoms with Crippen molar-refractivity contribution in [3.8, 4) is 0 Å². The second-order valence-electron chi connectivity index (χ2n) is 5.32. The molecule has 1 saturated heterocycles. The van der Waals surface area contributed by atoms with Crippen molar-refractivity contribution >= 4 is 26.7 Å². The van der Waals surface area contributed by atoms with Crippen molar-refractivity contribution in [2.75, 3.05) is 19.0 Å². The number of aromatic nitrogens is 1. The van der Waals surface area contributed by atoms with Gasteiger partial charge in [0.05, 0.1) is 12.4 Å². The number of hydrogen-bond donors (Lipinski definition) is 1. The zero-order valence-electron chi connectivity index (χ0n) is 11.9. The van der Waals surface area contributed by atoms with Crippen LogP contribution < -0.4 is 4.72 Å². The van der Waals surface area contributed by atoms with Crippen LogP contribution in [0.2, 0.25) is 0 Å². The van der Waals surface area contributed by atoms with E-state index in [1.54, 1.807) is 18.2 Å². The third-order valence-electron chi connectivity index (χ3n) is 3.62. The Morgan fingerprint density at radius 2 is 2.14 bits per heavy atom. The molecule has 1 unspecified atom stereocenters. The number of sulfonamides is 1. The van der Waals surface area contributed by atoms with Gasteiger partial charge in [-0.15, -0.1) is 0 Å². The van der Waals surface area contributed by atoms with E-state index < -0.39 is 15.9 Å². The van der Waals surface area contributed by atoms with Gasteiger partial charge in [0.25, 0.3) is 5.91 Å². The molecule has 2 heterocycles. The van der Waals surface area contributed by atoms with Crippen LogP contribution >= 0.6 is 0 Å². The maximum absolute atomic E-state index is 12.3. The lowest BCUT2D eigenvalue weighted by Crippen LogP contribution is -2.35. The fourth-order valence-electron chi connectivity index (χ4n) is 2.56. The Labute approximate surface area is 128 Å². The van der Waals surface area contributed by atoms with Crippen molar-refractivity contribution in [3.63, 3.8) is 0 Å².